The number of hydrogen-bond donors (Lipinski definition) is 4. The Kier molecular flexibility index (Phi) is 3.87. The molecular weight excluding hydrogens is 314 g/mol. The molecule has 5 atom stereocenters. The molecule has 0 spiro atoms. The first kappa shape index (κ1) is 15.7. The van der Waals surface area contributed by atoms with Crippen molar-refractivity contribution in [2.45, 2.75) is 56.3 Å². The molecular formula is C15H21N5O4. The van der Waals surface area contributed by atoms with Gasteiger partial charge in [-0.1, -0.05) is 12.8 Å². The van der Waals surface area contributed by atoms with Gasteiger partial charge in [-0.15, -0.1) is 0 Å². The largest absolute Gasteiger partial charge is 0.390 e. The van der Waals surface area contributed by atoms with Gasteiger partial charge in [0.2, 0.25) is 0 Å². The summed E-state index contributed by atoms with van der Waals surface area (Å²) in [5.74, 6) is 0.322. The molecule has 2 aromatic heterocycles. The van der Waals surface area contributed by atoms with E-state index in [4.69, 9.17) is 10.5 Å². The summed E-state index contributed by atoms with van der Waals surface area (Å²) in [5, 5.41) is 31.3. The molecule has 2 aliphatic rings. The highest BCUT2D eigenvalue weighted by Gasteiger charge is 2.49. The number of hydrogen-bond acceptors (Lipinski definition) is 8. The maximum atomic E-state index is 10.5. The molecule has 24 heavy (non-hydrogen) atoms. The fourth-order valence-electron chi connectivity index (χ4n) is 3.82. The number of rotatable bonds is 3. The fourth-order valence-corrected chi connectivity index (χ4v) is 3.82. The number of aliphatic hydroxyl groups excluding tert-OH is 3. The Labute approximate surface area is 138 Å². The van der Waals surface area contributed by atoms with Crippen LogP contribution in [0.5, 0.6) is 0 Å². The maximum Gasteiger partial charge on any atom is 0.167 e. The van der Waals surface area contributed by atoms with E-state index in [0.717, 1.165) is 25.7 Å². The van der Waals surface area contributed by atoms with Gasteiger partial charge in [0.25, 0.3) is 0 Å². The van der Waals surface area contributed by atoms with Crippen molar-refractivity contribution in [1.82, 2.24) is 19.5 Å². The molecule has 4 rings (SSSR count). The number of ether oxygens (including phenoxy) is 1. The number of aliphatic hydroxyl groups is 3. The molecule has 130 valence electrons. The van der Waals surface area contributed by atoms with Gasteiger partial charge in [0.05, 0.1) is 12.4 Å². The van der Waals surface area contributed by atoms with E-state index in [1.807, 2.05) is 0 Å². The number of nitrogens with two attached hydrogens (primary N) is 1. The van der Waals surface area contributed by atoms with E-state index in [-0.39, 0.29) is 11.7 Å². The predicted molar refractivity (Wildman–Crippen MR) is 83.6 cm³/mol. The number of imidazole rings is 1. The minimum absolute atomic E-state index is 0.0908. The van der Waals surface area contributed by atoms with E-state index >= 15 is 0 Å². The zero-order valence-corrected chi connectivity index (χ0v) is 13.1. The Bertz CT molecular complexity index is 732. The summed E-state index contributed by atoms with van der Waals surface area (Å²) in [4.78, 5) is 12.1. The van der Waals surface area contributed by atoms with Crippen molar-refractivity contribution in [1.29, 1.82) is 0 Å². The summed E-state index contributed by atoms with van der Waals surface area (Å²) in [6.07, 6.45) is 1.79. The van der Waals surface area contributed by atoms with Crippen LogP contribution >= 0.6 is 0 Å². The number of aromatic nitrogens is 4. The Morgan fingerprint density at radius 3 is 2.67 bits per heavy atom. The number of nitrogen functional groups attached to an aromatic ring is 1. The van der Waals surface area contributed by atoms with Crippen LogP contribution in [0.1, 0.15) is 31.9 Å². The second kappa shape index (κ2) is 5.92. The monoisotopic (exact) mass is 335 g/mol. The summed E-state index contributed by atoms with van der Waals surface area (Å²) in [7, 11) is 0. The third-order valence-corrected chi connectivity index (χ3v) is 5.16. The van der Waals surface area contributed by atoms with Gasteiger partial charge in [-0.25, -0.2) is 15.0 Å². The highest BCUT2D eigenvalue weighted by molar-refractivity contribution is 5.81. The van der Waals surface area contributed by atoms with Crippen molar-refractivity contribution in [3.63, 3.8) is 0 Å². The highest BCUT2D eigenvalue weighted by atomic mass is 16.6. The molecule has 2 fully saturated rings. The van der Waals surface area contributed by atoms with Crippen LogP contribution in [0.4, 0.5) is 5.82 Å². The van der Waals surface area contributed by atoms with Crippen molar-refractivity contribution < 1.29 is 20.1 Å². The zero-order valence-electron chi connectivity index (χ0n) is 13.1. The first-order valence-electron chi connectivity index (χ1n) is 8.20. The first-order valence-corrected chi connectivity index (χ1v) is 8.20. The van der Waals surface area contributed by atoms with Gasteiger partial charge in [0.15, 0.2) is 17.7 Å². The molecule has 1 saturated heterocycles. The lowest BCUT2D eigenvalue weighted by molar-refractivity contribution is -0.0998. The van der Waals surface area contributed by atoms with Crippen molar-refractivity contribution in [3.05, 3.63) is 12.7 Å². The second-order valence-corrected chi connectivity index (χ2v) is 6.59. The van der Waals surface area contributed by atoms with Crippen LogP contribution in [0.2, 0.25) is 0 Å². The second-order valence-electron chi connectivity index (χ2n) is 6.59. The van der Waals surface area contributed by atoms with Crippen LogP contribution in [0.15, 0.2) is 12.7 Å². The molecule has 3 heterocycles. The van der Waals surface area contributed by atoms with Gasteiger partial charge < -0.3 is 25.8 Å². The smallest absolute Gasteiger partial charge is 0.167 e. The standard InChI is InChI=1S/C15H21N5O4/c16-13-8-14(18-5-17-13)20(6-19-8)15-11(23)10(22)12(24-15)9(21)7-3-1-2-4-7/h5-7,9-12,15,21-23H,1-4H2,(H2,16,17,18)/t9?,10-,11+,12+,15+/m0/s1. The summed E-state index contributed by atoms with van der Waals surface area (Å²) in [6, 6.07) is 0. The minimum atomic E-state index is -1.19. The topological polar surface area (TPSA) is 140 Å². The quantitative estimate of drug-likeness (QED) is 0.593. The third-order valence-electron chi connectivity index (χ3n) is 5.16. The molecule has 1 saturated carbocycles. The van der Waals surface area contributed by atoms with E-state index in [1.54, 1.807) is 0 Å². The average molecular weight is 335 g/mol. The van der Waals surface area contributed by atoms with E-state index in [1.165, 1.54) is 17.2 Å². The Balaban J connectivity index is 1.62. The molecule has 2 aromatic rings. The predicted octanol–water partition coefficient (Wildman–Crippen LogP) is -0.421. The van der Waals surface area contributed by atoms with Gasteiger partial charge in [-0.2, -0.15) is 0 Å². The van der Waals surface area contributed by atoms with Crippen LogP contribution < -0.4 is 5.73 Å². The Morgan fingerprint density at radius 1 is 1.17 bits per heavy atom. The highest BCUT2D eigenvalue weighted by Crippen LogP contribution is 2.38. The summed E-state index contributed by atoms with van der Waals surface area (Å²) in [5.41, 5.74) is 6.59. The van der Waals surface area contributed by atoms with Crippen molar-refractivity contribution in [2.75, 3.05) is 5.73 Å². The lowest BCUT2D eigenvalue weighted by Crippen LogP contribution is -2.41. The van der Waals surface area contributed by atoms with Crippen LogP contribution in [0.25, 0.3) is 11.2 Å². The van der Waals surface area contributed by atoms with Crippen LogP contribution in [-0.4, -0.2) is 59.3 Å². The van der Waals surface area contributed by atoms with Crippen LogP contribution in [-0.2, 0) is 4.74 Å². The van der Waals surface area contributed by atoms with Gasteiger partial charge in [-0.05, 0) is 18.8 Å². The molecule has 0 radical (unpaired) electrons. The molecule has 1 aliphatic heterocycles. The normalized spacial score (nSPS) is 32.6. The van der Waals surface area contributed by atoms with E-state index in [0.29, 0.717) is 11.2 Å². The Morgan fingerprint density at radius 2 is 1.92 bits per heavy atom. The third kappa shape index (κ3) is 2.35. The van der Waals surface area contributed by atoms with Gasteiger partial charge in [0.1, 0.15) is 30.2 Å². The zero-order chi connectivity index (χ0) is 16.8. The van der Waals surface area contributed by atoms with Crippen molar-refractivity contribution in [3.8, 4) is 0 Å². The fraction of sp³-hybridized carbons (Fsp3) is 0.667. The summed E-state index contributed by atoms with van der Waals surface area (Å²) >= 11 is 0. The van der Waals surface area contributed by atoms with Gasteiger partial charge >= 0.3 is 0 Å². The lowest BCUT2D eigenvalue weighted by atomic mass is 9.93. The molecule has 0 amide bonds. The van der Waals surface area contributed by atoms with E-state index in [2.05, 4.69) is 15.0 Å². The minimum Gasteiger partial charge on any atom is -0.390 e. The first-order chi connectivity index (χ1) is 11.6. The number of nitrogens with zero attached hydrogens (tertiary/aromatic N) is 4. The molecule has 9 heteroatoms. The van der Waals surface area contributed by atoms with E-state index in [9.17, 15) is 15.3 Å². The molecule has 0 bridgehead atoms. The molecule has 5 N–H and O–H groups in total. The van der Waals surface area contributed by atoms with Gasteiger partial charge in [0, 0.05) is 0 Å². The molecule has 1 aliphatic carbocycles. The van der Waals surface area contributed by atoms with Crippen molar-refractivity contribution >= 4 is 17.0 Å². The van der Waals surface area contributed by atoms with Crippen molar-refractivity contribution in [2.24, 2.45) is 5.92 Å². The summed E-state index contributed by atoms with van der Waals surface area (Å²) in [6.45, 7) is 0. The Hall–Kier alpha value is -1.81. The number of fused-ring (bicyclic) bond motifs is 1. The van der Waals surface area contributed by atoms with Crippen LogP contribution in [0.3, 0.4) is 0 Å². The molecule has 0 aromatic carbocycles. The summed E-state index contributed by atoms with van der Waals surface area (Å²) < 4.78 is 7.34. The molecule has 1 unspecified atom stereocenters. The lowest BCUT2D eigenvalue weighted by Gasteiger charge is -2.25. The van der Waals surface area contributed by atoms with E-state index < -0.39 is 30.6 Å². The maximum absolute atomic E-state index is 10.5. The SMILES string of the molecule is Nc1ncnc2c1ncn2[C@@H]1O[C@H](C(O)C2CCCC2)[C@@H](O)[C@H]1O. The average Bonchev–Trinajstić information content (AvgIpc) is 3.29. The molecule has 9 nitrogen and oxygen atoms in total. The number of anilines is 1. The van der Waals surface area contributed by atoms with Crippen LogP contribution in [0, 0.1) is 5.92 Å². The van der Waals surface area contributed by atoms with Gasteiger partial charge in [-0.3, -0.25) is 4.57 Å².